The number of aromatic hydroxyl groups is 1. The SMILES string of the molecule is COc1ccccc1Nc1oc(C=C2C=Nc3ncccc32)c(O)c1C(=O)O. The molecule has 0 fully saturated rings. The van der Waals surface area contributed by atoms with E-state index in [0.29, 0.717) is 22.8 Å². The number of allylic oxidation sites excluding steroid dienone is 1. The Morgan fingerprint density at radius 3 is 2.86 bits per heavy atom. The summed E-state index contributed by atoms with van der Waals surface area (Å²) in [6.45, 7) is 0. The van der Waals surface area contributed by atoms with E-state index in [9.17, 15) is 15.0 Å². The third-order valence-corrected chi connectivity index (χ3v) is 4.19. The van der Waals surface area contributed by atoms with Gasteiger partial charge in [0.2, 0.25) is 5.88 Å². The highest BCUT2D eigenvalue weighted by molar-refractivity contribution is 6.21. The van der Waals surface area contributed by atoms with Crippen LogP contribution in [0.5, 0.6) is 11.5 Å². The largest absolute Gasteiger partial charge is 0.504 e. The number of carboxylic acids is 1. The molecule has 2 aromatic heterocycles. The number of pyridine rings is 1. The molecule has 3 aromatic rings. The molecule has 3 N–H and O–H groups in total. The molecule has 8 heteroatoms. The molecule has 0 saturated heterocycles. The van der Waals surface area contributed by atoms with Crippen molar-refractivity contribution in [1.82, 2.24) is 4.98 Å². The zero-order valence-electron chi connectivity index (χ0n) is 14.7. The van der Waals surface area contributed by atoms with Crippen LogP contribution in [0.4, 0.5) is 17.4 Å². The Morgan fingerprint density at radius 1 is 1.25 bits per heavy atom. The van der Waals surface area contributed by atoms with E-state index in [1.54, 1.807) is 42.7 Å². The summed E-state index contributed by atoms with van der Waals surface area (Å²) in [5, 5.41) is 22.8. The number of rotatable bonds is 5. The molecule has 0 bridgehead atoms. The first-order valence-electron chi connectivity index (χ1n) is 8.28. The Morgan fingerprint density at radius 2 is 2.07 bits per heavy atom. The van der Waals surface area contributed by atoms with E-state index in [4.69, 9.17) is 9.15 Å². The van der Waals surface area contributed by atoms with Gasteiger partial charge in [0.05, 0.1) is 12.8 Å². The minimum atomic E-state index is -1.33. The first kappa shape index (κ1) is 17.3. The first-order valence-corrected chi connectivity index (χ1v) is 8.28. The van der Waals surface area contributed by atoms with Crippen molar-refractivity contribution in [2.45, 2.75) is 0 Å². The van der Waals surface area contributed by atoms with E-state index in [2.05, 4.69) is 15.3 Å². The van der Waals surface area contributed by atoms with Crippen molar-refractivity contribution in [1.29, 1.82) is 0 Å². The van der Waals surface area contributed by atoms with Crippen LogP contribution >= 0.6 is 0 Å². The maximum absolute atomic E-state index is 11.7. The Kier molecular flexibility index (Phi) is 4.29. The Hall–Kier alpha value is -4.07. The van der Waals surface area contributed by atoms with Crippen molar-refractivity contribution in [3.63, 3.8) is 0 Å². The lowest BCUT2D eigenvalue weighted by molar-refractivity contribution is 0.0695. The lowest BCUT2D eigenvalue weighted by Crippen LogP contribution is -2.01. The summed E-state index contributed by atoms with van der Waals surface area (Å²) in [5.41, 5.74) is 1.53. The summed E-state index contributed by atoms with van der Waals surface area (Å²) in [7, 11) is 1.50. The van der Waals surface area contributed by atoms with E-state index in [1.165, 1.54) is 13.2 Å². The second kappa shape index (κ2) is 6.92. The average molecular weight is 377 g/mol. The van der Waals surface area contributed by atoms with E-state index in [-0.39, 0.29) is 17.2 Å². The molecule has 0 spiro atoms. The summed E-state index contributed by atoms with van der Waals surface area (Å²) in [5.74, 6) is -0.882. The smallest absolute Gasteiger partial charge is 0.345 e. The zero-order chi connectivity index (χ0) is 19.7. The number of hydrogen-bond donors (Lipinski definition) is 3. The molecule has 140 valence electrons. The van der Waals surface area contributed by atoms with Gasteiger partial charge >= 0.3 is 5.97 Å². The lowest BCUT2D eigenvalue weighted by atomic mass is 10.1. The van der Waals surface area contributed by atoms with Crippen molar-refractivity contribution in [2.75, 3.05) is 12.4 Å². The molecule has 0 amide bonds. The Balaban J connectivity index is 1.77. The summed E-state index contributed by atoms with van der Waals surface area (Å²) >= 11 is 0. The zero-order valence-corrected chi connectivity index (χ0v) is 14.7. The second-order valence-electron chi connectivity index (χ2n) is 5.88. The van der Waals surface area contributed by atoms with Gasteiger partial charge in [-0.25, -0.2) is 14.8 Å². The molecule has 1 aliphatic rings. The van der Waals surface area contributed by atoms with Crippen LogP contribution in [0, 0.1) is 0 Å². The van der Waals surface area contributed by atoms with Crippen LogP contribution in [-0.4, -0.2) is 34.5 Å². The monoisotopic (exact) mass is 377 g/mol. The number of fused-ring (bicyclic) bond motifs is 1. The second-order valence-corrected chi connectivity index (χ2v) is 5.88. The van der Waals surface area contributed by atoms with Crippen LogP contribution in [0.1, 0.15) is 21.7 Å². The maximum Gasteiger partial charge on any atom is 0.345 e. The number of aromatic nitrogens is 1. The van der Waals surface area contributed by atoms with Gasteiger partial charge in [-0.2, -0.15) is 0 Å². The van der Waals surface area contributed by atoms with Crippen molar-refractivity contribution >= 4 is 41.2 Å². The predicted molar refractivity (Wildman–Crippen MR) is 104 cm³/mol. The number of nitrogens with zero attached hydrogens (tertiary/aromatic N) is 2. The van der Waals surface area contributed by atoms with Gasteiger partial charge in [0.1, 0.15) is 5.75 Å². The van der Waals surface area contributed by atoms with Gasteiger partial charge in [0.25, 0.3) is 0 Å². The molecular formula is C20H15N3O5. The number of hydrogen-bond acceptors (Lipinski definition) is 7. The molecule has 1 aromatic carbocycles. The van der Waals surface area contributed by atoms with Gasteiger partial charge in [-0.1, -0.05) is 12.1 Å². The Labute approximate surface area is 159 Å². The third kappa shape index (κ3) is 2.96. The standard InChI is InChI=1S/C20H15N3O5/c1-27-14-7-3-2-6-13(14)23-19-16(20(25)26)17(24)15(28-19)9-11-10-22-18-12(11)5-4-8-21-18/h2-10,23-24H,1H3,(H,25,26). The molecule has 3 heterocycles. The number of para-hydroxylation sites is 2. The van der Waals surface area contributed by atoms with Gasteiger partial charge in [0.15, 0.2) is 22.9 Å². The van der Waals surface area contributed by atoms with E-state index >= 15 is 0 Å². The lowest BCUT2D eigenvalue weighted by Gasteiger charge is -2.09. The summed E-state index contributed by atoms with van der Waals surface area (Å²) < 4.78 is 10.9. The molecule has 1 aliphatic heterocycles. The minimum absolute atomic E-state index is 0.00653. The van der Waals surface area contributed by atoms with Crippen LogP contribution < -0.4 is 10.1 Å². The summed E-state index contributed by atoms with van der Waals surface area (Å²) in [4.78, 5) is 20.0. The molecule has 0 aliphatic carbocycles. The van der Waals surface area contributed by atoms with Crippen molar-refractivity contribution in [2.24, 2.45) is 4.99 Å². The molecule has 0 unspecified atom stereocenters. The summed E-state index contributed by atoms with van der Waals surface area (Å²) in [6.07, 6.45) is 4.72. The van der Waals surface area contributed by atoms with E-state index in [0.717, 1.165) is 5.56 Å². The number of aromatic carboxylic acids is 1. The summed E-state index contributed by atoms with van der Waals surface area (Å²) in [6, 6.07) is 10.5. The van der Waals surface area contributed by atoms with Crippen LogP contribution in [-0.2, 0) is 0 Å². The van der Waals surface area contributed by atoms with Crippen molar-refractivity contribution < 1.29 is 24.2 Å². The highest BCUT2D eigenvalue weighted by Crippen LogP contribution is 2.40. The number of nitrogens with one attached hydrogen (secondary N) is 1. The number of anilines is 2. The predicted octanol–water partition coefficient (Wildman–Crippen LogP) is 4.09. The third-order valence-electron chi connectivity index (χ3n) is 4.19. The van der Waals surface area contributed by atoms with Crippen LogP contribution in [0.25, 0.3) is 11.6 Å². The molecule has 8 nitrogen and oxygen atoms in total. The van der Waals surface area contributed by atoms with Crippen molar-refractivity contribution in [3.8, 4) is 11.5 Å². The quantitative estimate of drug-likeness (QED) is 0.613. The minimum Gasteiger partial charge on any atom is -0.504 e. The highest BCUT2D eigenvalue weighted by atomic mass is 16.5. The average Bonchev–Trinajstić information content (AvgIpc) is 3.24. The fourth-order valence-corrected chi connectivity index (χ4v) is 2.88. The molecule has 0 saturated carbocycles. The molecule has 28 heavy (non-hydrogen) atoms. The normalized spacial score (nSPS) is 13.5. The van der Waals surface area contributed by atoms with Crippen LogP contribution in [0.3, 0.4) is 0 Å². The fraction of sp³-hybridized carbons (Fsp3) is 0.0500. The Bertz CT molecular complexity index is 1130. The molecule has 4 rings (SSSR count). The number of aliphatic imine (C=N–C) groups is 1. The van der Waals surface area contributed by atoms with Crippen molar-refractivity contribution in [3.05, 3.63) is 59.5 Å². The topological polar surface area (TPSA) is 117 Å². The number of furan rings is 1. The van der Waals surface area contributed by atoms with Crippen LogP contribution in [0.2, 0.25) is 0 Å². The van der Waals surface area contributed by atoms with E-state index < -0.39 is 11.7 Å². The number of carboxylic acid groups (broad SMARTS) is 1. The molecule has 0 atom stereocenters. The van der Waals surface area contributed by atoms with Gasteiger partial charge in [-0.05, 0) is 30.3 Å². The van der Waals surface area contributed by atoms with Gasteiger partial charge < -0.3 is 24.7 Å². The van der Waals surface area contributed by atoms with Gasteiger partial charge in [-0.15, -0.1) is 0 Å². The highest BCUT2D eigenvalue weighted by Gasteiger charge is 2.26. The molecule has 0 radical (unpaired) electrons. The van der Waals surface area contributed by atoms with Gasteiger partial charge in [0, 0.05) is 23.5 Å². The molecular weight excluding hydrogens is 362 g/mol. The fourth-order valence-electron chi connectivity index (χ4n) is 2.88. The first-order chi connectivity index (χ1) is 13.6. The van der Waals surface area contributed by atoms with E-state index in [1.807, 2.05) is 6.07 Å². The maximum atomic E-state index is 11.7. The number of methoxy groups -OCH3 is 1. The van der Waals surface area contributed by atoms with Crippen LogP contribution in [0.15, 0.2) is 52.0 Å². The number of benzene rings is 1. The van der Waals surface area contributed by atoms with Gasteiger partial charge in [-0.3, -0.25) is 0 Å². The number of carbonyl (C=O) groups is 1. The number of ether oxygens (including phenoxy) is 1.